The summed E-state index contributed by atoms with van der Waals surface area (Å²) < 4.78 is 0. The van der Waals surface area contributed by atoms with Crippen molar-refractivity contribution >= 4 is 11.9 Å². The van der Waals surface area contributed by atoms with Crippen LogP contribution in [0.5, 0.6) is 0 Å². The molecule has 1 heterocycles. The van der Waals surface area contributed by atoms with Gasteiger partial charge in [-0.05, 0) is 41.2 Å². The predicted molar refractivity (Wildman–Crippen MR) is 69.3 cm³/mol. The Bertz CT molecular complexity index is 339. The van der Waals surface area contributed by atoms with Gasteiger partial charge in [0.1, 0.15) is 0 Å². The molecule has 18 heavy (non-hydrogen) atoms. The Morgan fingerprint density at radius 1 is 1.50 bits per heavy atom. The van der Waals surface area contributed by atoms with Crippen LogP contribution in [0.1, 0.15) is 40.5 Å². The van der Waals surface area contributed by atoms with Crippen LogP contribution in [0.25, 0.3) is 0 Å². The van der Waals surface area contributed by atoms with Gasteiger partial charge >= 0.3 is 5.97 Å². The van der Waals surface area contributed by atoms with E-state index in [1.165, 1.54) is 0 Å². The first-order chi connectivity index (χ1) is 8.16. The summed E-state index contributed by atoms with van der Waals surface area (Å²) in [6, 6.07) is -0.176. The Hall–Kier alpha value is -1.10. The standard InChI is InChI=1S/C13H24N2O3/c1-9(2)15-8-13(3,4)14(5)10(12(15)18)6-7-11(16)17/h9-10H,6-8H2,1-5H3,(H,16,17). The Morgan fingerprint density at radius 3 is 2.50 bits per heavy atom. The monoisotopic (exact) mass is 256 g/mol. The third-order valence-corrected chi connectivity index (χ3v) is 3.80. The minimum atomic E-state index is -0.851. The minimum absolute atomic E-state index is 0.0305. The number of hydrogen-bond donors (Lipinski definition) is 1. The van der Waals surface area contributed by atoms with Crippen molar-refractivity contribution in [1.82, 2.24) is 9.80 Å². The number of rotatable bonds is 4. The predicted octanol–water partition coefficient (Wildman–Crippen LogP) is 1.18. The fraction of sp³-hybridized carbons (Fsp3) is 0.846. The molecule has 1 fully saturated rings. The molecule has 0 aromatic carbocycles. The number of carboxylic acids is 1. The summed E-state index contributed by atoms with van der Waals surface area (Å²) in [5.74, 6) is -0.802. The van der Waals surface area contributed by atoms with E-state index in [9.17, 15) is 9.59 Å². The second-order valence-electron chi connectivity index (χ2n) is 5.93. The van der Waals surface area contributed by atoms with Crippen molar-refractivity contribution in [2.75, 3.05) is 13.6 Å². The lowest BCUT2D eigenvalue weighted by molar-refractivity contribution is -0.151. The maximum Gasteiger partial charge on any atom is 0.303 e. The highest BCUT2D eigenvalue weighted by Crippen LogP contribution is 2.27. The van der Waals surface area contributed by atoms with E-state index < -0.39 is 5.97 Å². The van der Waals surface area contributed by atoms with Gasteiger partial charge in [-0.3, -0.25) is 14.5 Å². The van der Waals surface area contributed by atoms with Crippen LogP contribution in [0.15, 0.2) is 0 Å². The summed E-state index contributed by atoms with van der Waals surface area (Å²) >= 11 is 0. The lowest BCUT2D eigenvalue weighted by atomic mass is 9.92. The summed E-state index contributed by atoms with van der Waals surface area (Å²) in [7, 11) is 1.90. The summed E-state index contributed by atoms with van der Waals surface area (Å²) in [5.41, 5.74) is -0.124. The van der Waals surface area contributed by atoms with E-state index >= 15 is 0 Å². The minimum Gasteiger partial charge on any atom is -0.481 e. The van der Waals surface area contributed by atoms with Gasteiger partial charge in [0.2, 0.25) is 5.91 Å². The van der Waals surface area contributed by atoms with Gasteiger partial charge in [-0.1, -0.05) is 0 Å². The van der Waals surface area contributed by atoms with Gasteiger partial charge in [-0.2, -0.15) is 0 Å². The summed E-state index contributed by atoms with van der Waals surface area (Å²) in [6.07, 6.45) is 0.403. The number of amides is 1. The first-order valence-corrected chi connectivity index (χ1v) is 6.42. The number of carboxylic acid groups (broad SMARTS) is 1. The summed E-state index contributed by atoms with van der Waals surface area (Å²) in [6.45, 7) is 8.84. The van der Waals surface area contributed by atoms with E-state index in [0.29, 0.717) is 13.0 Å². The average Bonchev–Trinajstić information content (AvgIpc) is 2.23. The SMILES string of the molecule is CC(C)N1CC(C)(C)N(C)C(CCC(=O)O)C1=O. The Balaban J connectivity index is 2.90. The zero-order chi connectivity index (χ0) is 14.1. The third kappa shape index (κ3) is 3.02. The van der Waals surface area contributed by atoms with Crippen molar-refractivity contribution in [1.29, 1.82) is 0 Å². The van der Waals surface area contributed by atoms with Gasteiger partial charge in [-0.15, -0.1) is 0 Å². The molecule has 0 spiro atoms. The third-order valence-electron chi connectivity index (χ3n) is 3.80. The first kappa shape index (κ1) is 15.0. The number of nitrogens with zero attached hydrogens (tertiary/aromatic N) is 2. The fourth-order valence-electron chi connectivity index (χ4n) is 2.40. The number of likely N-dealkylation sites (N-methyl/N-ethyl adjacent to an activating group) is 1. The lowest BCUT2D eigenvalue weighted by Gasteiger charge is -2.50. The van der Waals surface area contributed by atoms with Crippen molar-refractivity contribution in [2.45, 2.75) is 58.2 Å². The van der Waals surface area contributed by atoms with E-state index in [4.69, 9.17) is 5.11 Å². The highest BCUT2D eigenvalue weighted by Gasteiger charge is 2.43. The van der Waals surface area contributed by atoms with Gasteiger partial charge in [0.05, 0.1) is 6.04 Å². The van der Waals surface area contributed by atoms with Gasteiger partial charge in [0, 0.05) is 24.5 Å². The molecule has 1 saturated heterocycles. The van der Waals surface area contributed by atoms with Crippen molar-refractivity contribution in [3.05, 3.63) is 0 Å². The number of carbonyl (C=O) groups is 2. The second-order valence-corrected chi connectivity index (χ2v) is 5.93. The largest absolute Gasteiger partial charge is 0.481 e. The zero-order valence-corrected chi connectivity index (χ0v) is 11.9. The van der Waals surface area contributed by atoms with E-state index in [1.807, 2.05) is 30.7 Å². The number of piperazine rings is 1. The molecular weight excluding hydrogens is 232 g/mol. The number of aliphatic carboxylic acids is 1. The smallest absolute Gasteiger partial charge is 0.303 e. The molecule has 0 saturated carbocycles. The lowest BCUT2D eigenvalue weighted by Crippen LogP contribution is -2.66. The summed E-state index contributed by atoms with van der Waals surface area (Å²) in [5, 5.41) is 8.78. The van der Waals surface area contributed by atoms with Crippen LogP contribution in [-0.2, 0) is 9.59 Å². The molecule has 1 unspecified atom stereocenters. The van der Waals surface area contributed by atoms with Crippen LogP contribution in [-0.4, -0.2) is 58.0 Å². The molecule has 0 aromatic rings. The maximum absolute atomic E-state index is 12.4. The average molecular weight is 256 g/mol. The van der Waals surface area contributed by atoms with Crippen LogP contribution in [0, 0.1) is 0 Å². The molecule has 1 N–H and O–H groups in total. The molecule has 104 valence electrons. The molecule has 1 amide bonds. The maximum atomic E-state index is 12.4. The Morgan fingerprint density at radius 2 is 2.06 bits per heavy atom. The van der Waals surface area contributed by atoms with Crippen LogP contribution >= 0.6 is 0 Å². The van der Waals surface area contributed by atoms with E-state index in [1.54, 1.807) is 0 Å². The molecule has 0 aromatic heterocycles. The van der Waals surface area contributed by atoms with Crippen LogP contribution in [0.4, 0.5) is 0 Å². The highest BCUT2D eigenvalue weighted by molar-refractivity contribution is 5.84. The summed E-state index contributed by atoms with van der Waals surface area (Å²) in [4.78, 5) is 26.9. The fourth-order valence-corrected chi connectivity index (χ4v) is 2.40. The van der Waals surface area contributed by atoms with Gasteiger partial charge in [-0.25, -0.2) is 0 Å². The molecule has 1 atom stereocenters. The first-order valence-electron chi connectivity index (χ1n) is 6.42. The number of hydrogen-bond acceptors (Lipinski definition) is 3. The van der Waals surface area contributed by atoms with Crippen LogP contribution < -0.4 is 0 Å². The zero-order valence-electron chi connectivity index (χ0n) is 11.9. The topological polar surface area (TPSA) is 60.9 Å². The quantitative estimate of drug-likeness (QED) is 0.820. The van der Waals surface area contributed by atoms with Gasteiger partial charge < -0.3 is 10.0 Å². The molecule has 5 nitrogen and oxygen atoms in total. The van der Waals surface area contributed by atoms with Gasteiger partial charge in [0.15, 0.2) is 0 Å². The van der Waals surface area contributed by atoms with Gasteiger partial charge in [0.25, 0.3) is 0 Å². The molecule has 0 radical (unpaired) electrons. The molecule has 1 aliphatic rings. The van der Waals surface area contributed by atoms with Crippen molar-refractivity contribution in [3.63, 3.8) is 0 Å². The van der Waals surface area contributed by atoms with Crippen molar-refractivity contribution in [2.24, 2.45) is 0 Å². The van der Waals surface area contributed by atoms with Crippen molar-refractivity contribution in [3.8, 4) is 0 Å². The molecule has 1 aliphatic heterocycles. The second kappa shape index (κ2) is 5.26. The molecule has 0 aliphatic carbocycles. The van der Waals surface area contributed by atoms with E-state index in [2.05, 4.69) is 13.8 Å². The van der Waals surface area contributed by atoms with E-state index in [0.717, 1.165) is 0 Å². The normalized spacial score (nSPS) is 24.7. The van der Waals surface area contributed by atoms with E-state index in [-0.39, 0.29) is 30.0 Å². The Kier molecular flexibility index (Phi) is 4.37. The van der Waals surface area contributed by atoms with Crippen molar-refractivity contribution < 1.29 is 14.7 Å². The molecule has 5 heteroatoms. The van der Waals surface area contributed by atoms with Crippen LogP contribution in [0.2, 0.25) is 0 Å². The molecule has 1 rings (SSSR count). The highest BCUT2D eigenvalue weighted by atomic mass is 16.4. The molecule has 0 bridgehead atoms. The number of carbonyl (C=O) groups excluding carboxylic acids is 1. The molecular formula is C13H24N2O3. The Labute approximate surface area is 109 Å². The van der Waals surface area contributed by atoms with Crippen LogP contribution in [0.3, 0.4) is 0 Å².